The number of ether oxygens (including phenoxy) is 1. The molecule has 0 aliphatic heterocycles. The van der Waals surface area contributed by atoms with Gasteiger partial charge in [0.15, 0.2) is 0 Å². The lowest BCUT2D eigenvalue weighted by Gasteiger charge is -2.20. The number of nitrogens with one attached hydrogen (secondary N) is 1. The summed E-state index contributed by atoms with van der Waals surface area (Å²) in [6.45, 7) is 4.04. The summed E-state index contributed by atoms with van der Waals surface area (Å²) in [6, 6.07) is 4.01. The summed E-state index contributed by atoms with van der Waals surface area (Å²) in [7, 11) is 1.34. The Morgan fingerprint density at radius 3 is 2.67 bits per heavy atom. The largest absolute Gasteiger partial charge is 0.468 e. The molecule has 0 bridgehead atoms. The van der Waals surface area contributed by atoms with Crippen molar-refractivity contribution in [2.75, 3.05) is 7.11 Å². The maximum Gasteiger partial charge on any atom is 0.323 e. The van der Waals surface area contributed by atoms with Gasteiger partial charge >= 0.3 is 5.97 Å². The van der Waals surface area contributed by atoms with Crippen molar-refractivity contribution >= 4 is 17.6 Å². The number of hydrogen-bond acceptors (Lipinski definition) is 3. The average molecular weight is 274 g/mol. The fraction of sp³-hybridized carbons (Fsp3) is 0.462. The van der Waals surface area contributed by atoms with Crippen molar-refractivity contribution in [2.45, 2.75) is 26.4 Å². The first-order chi connectivity index (χ1) is 8.45. The van der Waals surface area contributed by atoms with Crippen LogP contribution in [0.4, 0.5) is 4.39 Å². The predicted molar refractivity (Wildman–Crippen MR) is 68.9 cm³/mol. The van der Waals surface area contributed by atoms with Crippen LogP contribution in [0.3, 0.4) is 0 Å². The first-order valence-corrected chi connectivity index (χ1v) is 6.08. The van der Waals surface area contributed by atoms with E-state index in [9.17, 15) is 9.18 Å². The van der Waals surface area contributed by atoms with Crippen molar-refractivity contribution in [1.29, 1.82) is 0 Å². The smallest absolute Gasteiger partial charge is 0.323 e. The Morgan fingerprint density at radius 2 is 2.17 bits per heavy atom. The zero-order valence-electron chi connectivity index (χ0n) is 10.7. The third-order valence-corrected chi connectivity index (χ3v) is 2.88. The Bertz CT molecular complexity index is 423. The van der Waals surface area contributed by atoms with Gasteiger partial charge in [-0.1, -0.05) is 31.5 Å². The van der Waals surface area contributed by atoms with E-state index in [1.54, 1.807) is 12.1 Å². The second-order valence-corrected chi connectivity index (χ2v) is 4.80. The van der Waals surface area contributed by atoms with Gasteiger partial charge in [0.25, 0.3) is 0 Å². The van der Waals surface area contributed by atoms with Gasteiger partial charge < -0.3 is 4.74 Å². The normalized spacial score (nSPS) is 12.6. The molecule has 100 valence electrons. The van der Waals surface area contributed by atoms with Gasteiger partial charge in [0, 0.05) is 17.1 Å². The molecule has 0 aromatic heterocycles. The molecule has 0 saturated carbocycles. The van der Waals surface area contributed by atoms with E-state index in [-0.39, 0.29) is 24.2 Å². The van der Waals surface area contributed by atoms with Crippen LogP contribution in [0.25, 0.3) is 0 Å². The fourth-order valence-electron chi connectivity index (χ4n) is 1.60. The van der Waals surface area contributed by atoms with E-state index < -0.39 is 6.04 Å². The lowest BCUT2D eigenvalue weighted by molar-refractivity contribution is -0.144. The van der Waals surface area contributed by atoms with E-state index in [1.807, 2.05) is 13.8 Å². The second kappa shape index (κ2) is 6.71. The van der Waals surface area contributed by atoms with Gasteiger partial charge in [0.1, 0.15) is 11.9 Å². The minimum Gasteiger partial charge on any atom is -0.468 e. The summed E-state index contributed by atoms with van der Waals surface area (Å²) in [4.78, 5) is 11.5. The van der Waals surface area contributed by atoms with Crippen LogP contribution in [0.5, 0.6) is 0 Å². The number of rotatable bonds is 5. The third-order valence-electron chi connectivity index (χ3n) is 2.65. The fourth-order valence-corrected chi connectivity index (χ4v) is 1.76. The van der Waals surface area contributed by atoms with E-state index in [1.165, 1.54) is 13.2 Å². The Kier molecular flexibility index (Phi) is 5.56. The van der Waals surface area contributed by atoms with Crippen LogP contribution in [0.15, 0.2) is 18.2 Å². The van der Waals surface area contributed by atoms with Crippen LogP contribution in [0, 0.1) is 11.7 Å². The van der Waals surface area contributed by atoms with Crippen LogP contribution < -0.4 is 5.32 Å². The maximum absolute atomic E-state index is 13.5. The van der Waals surface area contributed by atoms with Crippen molar-refractivity contribution in [2.24, 2.45) is 5.92 Å². The number of benzene rings is 1. The van der Waals surface area contributed by atoms with Crippen LogP contribution in [0.1, 0.15) is 19.4 Å². The van der Waals surface area contributed by atoms with Crippen LogP contribution in [-0.2, 0) is 16.1 Å². The number of esters is 1. The summed E-state index contributed by atoms with van der Waals surface area (Å²) in [5.41, 5.74) is 0.467. The maximum atomic E-state index is 13.5. The summed E-state index contributed by atoms with van der Waals surface area (Å²) in [6.07, 6.45) is 0. The van der Waals surface area contributed by atoms with Gasteiger partial charge in [0.2, 0.25) is 0 Å². The van der Waals surface area contributed by atoms with Crippen LogP contribution >= 0.6 is 11.6 Å². The first kappa shape index (κ1) is 14.9. The summed E-state index contributed by atoms with van der Waals surface area (Å²) >= 11 is 5.67. The number of halogens is 2. The van der Waals surface area contributed by atoms with E-state index in [0.717, 1.165) is 0 Å². The molecule has 1 N–H and O–H groups in total. The van der Waals surface area contributed by atoms with Crippen molar-refractivity contribution in [3.8, 4) is 0 Å². The number of methoxy groups -OCH3 is 1. The monoisotopic (exact) mass is 273 g/mol. The Morgan fingerprint density at radius 1 is 1.50 bits per heavy atom. The Labute approximate surface area is 111 Å². The van der Waals surface area contributed by atoms with Gasteiger partial charge in [-0.05, 0) is 18.1 Å². The molecule has 0 fully saturated rings. The Hall–Kier alpha value is -1.13. The molecule has 0 heterocycles. The van der Waals surface area contributed by atoms with E-state index in [4.69, 9.17) is 16.3 Å². The Balaban J connectivity index is 2.70. The van der Waals surface area contributed by atoms with Crippen LogP contribution in [-0.4, -0.2) is 19.1 Å². The molecule has 1 rings (SSSR count). The molecule has 18 heavy (non-hydrogen) atoms. The van der Waals surface area contributed by atoms with Gasteiger partial charge in [-0.3, -0.25) is 10.1 Å². The molecule has 0 amide bonds. The number of carbonyl (C=O) groups is 1. The van der Waals surface area contributed by atoms with E-state index in [2.05, 4.69) is 5.32 Å². The molecular formula is C13H17ClFNO2. The zero-order valence-corrected chi connectivity index (χ0v) is 11.4. The molecule has 1 aromatic rings. The minimum absolute atomic E-state index is 0.0628. The molecule has 1 aromatic carbocycles. The van der Waals surface area contributed by atoms with Gasteiger partial charge in [0.05, 0.1) is 7.11 Å². The molecule has 5 heteroatoms. The van der Waals surface area contributed by atoms with E-state index in [0.29, 0.717) is 10.6 Å². The molecule has 1 atom stereocenters. The van der Waals surface area contributed by atoms with Crippen molar-refractivity contribution in [3.63, 3.8) is 0 Å². The standard InChI is InChI=1S/C13H17ClFNO2/c1-8(2)12(13(17)18-3)16-7-9-4-5-10(14)6-11(9)15/h4-6,8,12,16H,7H2,1-3H3/t12-/m0/s1. The SMILES string of the molecule is COC(=O)[C@@H](NCc1ccc(Cl)cc1F)C(C)C. The van der Waals surface area contributed by atoms with E-state index >= 15 is 0 Å². The molecule has 0 aliphatic rings. The van der Waals surface area contributed by atoms with Gasteiger partial charge in [-0.2, -0.15) is 0 Å². The van der Waals surface area contributed by atoms with Crippen LogP contribution in [0.2, 0.25) is 5.02 Å². The van der Waals surface area contributed by atoms with Gasteiger partial charge in [-0.15, -0.1) is 0 Å². The molecule has 0 radical (unpaired) electrons. The first-order valence-electron chi connectivity index (χ1n) is 5.70. The molecule has 3 nitrogen and oxygen atoms in total. The predicted octanol–water partition coefficient (Wildman–Crippen LogP) is 2.77. The second-order valence-electron chi connectivity index (χ2n) is 4.36. The van der Waals surface area contributed by atoms with Crippen molar-refractivity contribution in [3.05, 3.63) is 34.6 Å². The van der Waals surface area contributed by atoms with Crippen molar-refractivity contribution in [1.82, 2.24) is 5.32 Å². The van der Waals surface area contributed by atoms with Crippen molar-refractivity contribution < 1.29 is 13.9 Å². The summed E-state index contributed by atoms with van der Waals surface area (Å²) in [5, 5.41) is 3.34. The number of hydrogen-bond donors (Lipinski definition) is 1. The quantitative estimate of drug-likeness (QED) is 0.839. The third kappa shape index (κ3) is 3.96. The molecule has 0 aliphatic carbocycles. The van der Waals surface area contributed by atoms with Gasteiger partial charge in [-0.25, -0.2) is 4.39 Å². The number of carbonyl (C=O) groups excluding carboxylic acids is 1. The minimum atomic E-state index is -0.454. The molecule has 0 saturated heterocycles. The highest BCUT2D eigenvalue weighted by Crippen LogP contribution is 2.15. The highest BCUT2D eigenvalue weighted by atomic mass is 35.5. The lowest BCUT2D eigenvalue weighted by atomic mass is 10.0. The molecule has 0 unspecified atom stereocenters. The zero-order chi connectivity index (χ0) is 13.7. The highest BCUT2D eigenvalue weighted by Gasteiger charge is 2.22. The lowest BCUT2D eigenvalue weighted by Crippen LogP contribution is -2.41. The summed E-state index contributed by atoms with van der Waals surface area (Å²) < 4.78 is 18.2. The highest BCUT2D eigenvalue weighted by molar-refractivity contribution is 6.30. The summed E-state index contributed by atoms with van der Waals surface area (Å²) in [5.74, 6) is -0.672. The molecular weight excluding hydrogens is 257 g/mol. The topological polar surface area (TPSA) is 38.3 Å². The molecule has 0 spiro atoms. The average Bonchev–Trinajstić information content (AvgIpc) is 2.31.